The van der Waals surface area contributed by atoms with E-state index in [0.717, 1.165) is 45.7 Å². The molecule has 1 aliphatic rings. The van der Waals surface area contributed by atoms with Crippen molar-refractivity contribution in [2.45, 2.75) is 45.8 Å². The summed E-state index contributed by atoms with van der Waals surface area (Å²) in [6, 6.07) is 0.472. The second-order valence-electron chi connectivity index (χ2n) is 5.29. The highest BCUT2D eigenvalue weighted by Gasteiger charge is 2.20. The van der Waals surface area contributed by atoms with Gasteiger partial charge >= 0.3 is 0 Å². The second kappa shape index (κ2) is 8.86. The SMILES string of the molecule is CCN(CC)CC(O)CNC(C)C1CCOCC1. The lowest BCUT2D eigenvalue weighted by atomic mass is 9.93. The molecule has 18 heavy (non-hydrogen) atoms. The van der Waals surface area contributed by atoms with Crippen LogP contribution in [0.1, 0.15) is 33.6 Å². The Bertz CT molecular complexity index is 204. The second-order valence-corrected chi connectivity index (χ2v) is 5.29. The number of nitrogens with zero attached hydrogens (tertiary/aromatic N) is 1. The van der Waals surface area contributed by atoms with Crippen LogP contribution in [0.15, 0.2) is 0 Å². The minimum absolute atomic E-state index is 0.271. The summed E-state index contributed by atoms with van der Waals surface area (Å²) >= 11 is 0. The Labute approximate surface area is 112 Å². The van der Waals surface area contributed by atoms with E-state index in [0.29, 0.717) is 18.5 Å². The van der Waals surface area contributed by atoms with E-state index in [1.807, 2.05) is 0 Å². The monoisotopic (exact) mass is 258 g/mol. The van der Waals surface area contributed by atoms with Crippen LogP contribution in [0.25, 0.3) is 0 Å². The normalized spacial score (nSPS) is 21.2. The van der Waals surface area contributed by atoms with Gasteiger partial charge in [-0.1, -0.05) is 13.8 Å². The summed E-state index contributed by atoms with van der Waals surface area (Å²) in [5.41, 5.74) is 0. The summed E-state index contributed by atoms with van der Waals surface area (Å²) in [4.78, 5) is 2.26. The molecule has 0 aliphatic carbocycles. The predicted molar refractivity (Wildman–Crippen MR) is 74.8 cm³/mol. The van der Waals surface area contributed by atoms with Gasteiger partial charge in [-0.3, -0.25) is 0 Å². The van der Waals surface area contributed by atoms with Gasteiger partial charge in [0.25, 0.3) is 0 Å². The van der Waals surface area contributed by atoms with Crippen molar-refractivity contribution in [1.29, 1.82) is 0 Å². The third-order valence-corrected chi connectivity index (χ3v) is 4.01. The van der Waals surface area contributed by atoms with Gasteiger partial charge in [-0.2, -0.15) is 0 Å². The third kappa shape index (κ3) is 5.65. The maximum Gasteiger partial charge on any atom is 0.0791 e. The number of ether oxygens (including phenoxy) is 1. The molecule has 1 saturated heterocycles. The molecule has 1 heterocycles. The molecule has 2 unspecified atom stereocenters. The highest BCUT2D eigenvalue weighted by Crippen LogP contribution is 2.18. The smallest absolute Gasteiger partial charge is 0.0791 e. The van der Waals surface area contributed by atoms with Crippen LogP contribution in [-0.4, -0.2) is 61.5 Å². The maximum absolute atomic E-state index is 10.0. The van der Waals surface area contributed by atoms with Gasteiger partial charge in [-0.25, -0.2) is 0 Å². The van der Waals surface area contributed by atoms with Crippen LogP contribution in [0.4, 0.5) is 0 Å². The molecule has 1 rings (SSSR count). The van der Waals surface area contributed by atoms with Gasteiger partial charge in [0.05, 0.1) is 6.10 Å². The van der Waals surface area contributed by atoms with Gasteiger partial charge in [0.2, 0.25) is 0 Å². The highest BCUT2D eigenvalue weighted by atomic mass is 16.5. The standard InChI is InChI=1S/C14H30N2O2/c1-4-16(5-2)11-14(17)10-15-12(3)13-6-8-18-9-7-13/h12-15,17H,4-11H2,1-3H3. The van der Waals surface area contributed by atoms with E-state index in [2.05, 4.69) is 31.0 Å². The summed E-state index contributed by atoms with van der Waals surface area (Å²) in [5.74, 6) is 0.694. The lowest BCUT2D eigenvalue weighted by Gasteiger charge is -2.30. The van der Waals surface area contributed by atoms with Crippen molar-refractivity contribution in [3.05, 3.63) is 0 Å². The number of hydrogen-bond donors (Lipinski definition) is 2. The van der Waals surface area contributed by atoms with Gasteiger partial charge in [-0.05, 0) is 38.8 Å². The fourth-order valence-corrected chi connectivity index (χ4v) is 2.55. The van der Waals surface area contributed by atoms with E-state index < -0.39 is 0 Å². The molecule has 0 radical (unpaired) electrons. The number of hydrogen-bond acceptors (Lipinski definition) is 4. The first-order valence-electron chi connectivity index (χ1n) is 7.38. The zero-order chi connectivity index (χ0) is 13.4. The average Bonchev–Trinajstić information content (AvgIpc) is 2.43. The molecule has 2 atom stereocenters. The van der Waals surface area contributed by atoms with Gasteiger partial charge < -0.3 is 20.1 Å². The number of aliphatic hydroxyl groups is 1. The fraction of sp³-hybridized carbons (Fsp3) is 1.00. The largest absolute Gasteiger partial charge is 0.390 e. The van der Waals surface area contributed by atoms with E-state index in [1.54, 1.807) is 0 Å². The van der Waals surface area contributed by atoms with Crippen molar-refractivity contribution in [2.75, 3.05) is 39.4 Å². The molecule has 0 spiro atoms. The zero-order valence-corrected chi connectivity index (χ0v) is 12.2. The van der Waals surface area contributed by atoms with Gasteiger partial charge in [0.15, 0.2) is 0 Å². The van der Waals surface area contributed by atoms with Gasteiger partial charge in [0.1, 0.15) is 0 Å². The topological polar surface area (TPSA) is 44.7 Å². The Morgan fingerprint density at radius 1 is 1.28 bits per heavy atom. The molecule has 4 nitrogen and oxygen atoms in total. The Balaban J connectivity index is 2.18. The average molecular weight is 258 g/mol. The first-order valence-corrected chi connectivity index (χ1v) is 7.38. The Morgan fingerprint density at radius 2 is 1.89 bits per heavy atom. The van der Waals surface area contributed by atoms with Crippen molar-refractivity contribution in [1.82, 2.24) is 10.2 Å². The molecule has 0 saturated carbocycles. The van der Waals surface area contributed by atoms with Crippen LogP contribution in [0.2, 0.25) is 0 Å². The molecule has 0 aromatic heterocycles. The molecule has 0 bridgehead atoms. The van der Waals surface area contributed by atoms with Crippen molar-refractivity contribution in [3.8, 4) is 0 Å². The van der Waals surface area contributed by atoms with E-state index in [-0.39, 0.29) is 6.10 Å². The highest BCUT2D eigenvalue weighted by molar-refractivity contribution is 4.76. The molecule has 0 aromatic carbocycles. The molecule has 2 N–H and O–H groups in total. The lowest BCUT2D eigenvalue weighted by Crippen LogP contribution is -2.44. The summed E-state index contributed by atoms with van der Waals surface area (Å²) in [5, 5.41) is 13.5. The van der Waals surface area contributed by atoms with Crippen LogP contribution < -0.4 is 5.32 Å². The molecular weight excluding hydrogens is 228 g/mol. The summed E-state index contributed by atoms with van der Waals surface area (Å²) in [6.07, 6.45) is 2.01. The van der Waals surface area contributed by atoms with Crippen LogP contribution >= 0.6 is 0 Å². The van der Waals surface area contributed by atoms with E-state index in [9.17, 15) is 5.11 Å². The summed E-state index contributed by atoms with van der Waals surface area (Å²) < 4.78 is 5.37. The quantitative estimate of drug-likeness (QED) is 0.684. The van der Waals surface area contributed by atoms with Gasteiger partial charge in [0, 0.05) is 32.3 Å². The van der Waals surface area contributed by atoms with E-state index in [1.165, 1.54) is 0 Å². The Hall–Kier alpha value is -0.160. The fourth-order valence-electron chi connectivity index (χ4n) is 2.55. The Morgan fingerprint density at radius 3 is 2.44 bits per heavy atom. The summed E-state index contributed by atoms with van der Waals surface area (Å²) in [6.45, 7) is 11.7. The molecule has 1 aliphatic heterocycles. The lowest BCUT2D eigenvalue weighted by molar-refractivity contribution is 0.0521. The van der Waals surface area contributed by atoms with Crippen LogP contribution in [0, 0.1) is 5.92 Å². The van der Waals surface area contributed by atoms with Crippen molar-refractivity contribution in [3.63, 3.8) is 0 Å². The zero-order valence-electron chi connectivity index (χ0n) is 12.2. The number of likely N-dealkylation sites (N-methyl/N-ethyl adjacent to an activating group) is 1. The van der Waals surface area contributed by atoms with Crippen LogP contribution in [0.5, 0.6) is 0 Å². The maximum atomic E-state index is 10.0. The minimum atomic E-state index is -0.271. The van der Waals surface area contributed by atoms with Crippen molar-refractivity contribution < 1.29 is 9.84 Å². The molecule has 108 valence electrons. The predicted octanol–water partition coefficient (Wildman–Crippen LogP) is 1.09. The van der Waals surface area contributed by atoms with Crippen LogP contribution in [0.3, 0.4) is 0 Å². The van der Waals surface area contributed by atoms with Crippen molar-refractivity contribution in [2.24, 2.45) is 5.92 Å². The Kier molecular flexibility index (Phi) is 7.82. The molecular formula is C14H30N2O2. The minimum Gasteiger partial charge on any atom is -0.390 e. The van der Waals surface area contributed by atoms with E-state index in [4.69, 9.17) is 4.74 Å². The number of aliphatic hydroxyl groups excluding tert-OH is 1. The molecule has 0 amide bonds. The first kappa shape index (κ1) is 15.9. The van der Waals surface area contributed by atoms with Crippen molar-refractivity contribution >= 4 is 0 Å². The van der Waals surface area contributed by atoms with E-state index >= 15 is 0 Å². The van der Waals surface area contributed by atoms with Crippen LogP contribution in [-0.2, 0) is 4.74 Å². The summed E-state index contributed by atoms with van der Waals surface area (Å²) in [7, 11) is 0. The molecule has 0 aromatic rings. The van der Waals surface area contributed by atoms with Gasteiger partial charge in [-0.15, -0.1) is 0 Å². The molecule has 1 fully saturated rings. The number of rotatable bonds is 8. The third-order valence-electron chi connectivity index (χ3n) is 4.01. The number of nitrogens with one attached hydrogen (secondary N) is 1. The first-order chi connectivity index (χ1) is 8.67. The molecule has 4 heteroatoms.